The maximum atomic E-state index is 5.97. The van der Waals surface area contributed by atoms with Gasteiger partial charge in [-0.15, -0.1) is 37.2 Å². The van der Waals surface area contributed by atoms with Gasteiger partial charge >= 0.3 is 68.9 Å². The van der Waals surface area contributed by atoms with Gasteiger partial charge in [-0.3, -0.25) is 0 Å². The molecule has 2 unspecified atom stereocenters. The Kier molecular flexibility index (Phi) is 17.0. The van der Waals surface area contributed by atoms with E-state index in [9.17, 15) is 0 Å². The molecule has 1 fully saturated rings. The van der Waals surface area contributed by atoms with Gasteiger partial charge in [0.15, 0.2) is 0 Å². The molecule has 11 heavy (non-hydrogen) atoms. The summed E-state index contributed by atoms with van der Waals surface area (Å²) < 4.78 is 0.779. The molecule has 5 heteroatoms. The van der Waals surface area contributed by atoms with E-state index in [1.165, 1.54) is 25.7 Å². The van der Waals surface area contributed by atoms with Crippen LogP contribution in [0.2, 0.25) is 3.97 Å². The molecule has 0 saturated heterocycles. The molecular formula is C6H13Cl4Te. The van der Waals surface area contributed by atoms with Gasteiger partial charge in [-0.2, -0.15) is 0 Å². The van der Waals surface area contributed by atoms with Crippen LogP contribution < -0.4 is 0 Å². The van der Waals surface area contributed by atoms with E-state index in [2.05, 4.69) is 22.3 Å². The molecule has 0 spiro atoms. The number of alkyl halides is 1. The molecule has 0 N–H and O–H groups in total. The molecule has 0 amide bonds. The van der Waals surface area contributed by atoms with Gasteiger partial charge in [0.2, 0.25) is 0 Å². The van der Waals surface area contributed by atoms with E-state index in [4.69, 9.17) is 11.6 Å². The first-order chi connectivity index (χ1) is 3.80. The van der Waals surface area contributed by atoms with Gasteiger partial charge < -0.3 is 0 Å². The van der Waals surface area contributed by atoms with Crippen LogP contribution in [0.15, 0.2) is 0 Å². The van der Waals surface area contributed by atoms with Gasteiger partial charge in [0.25, 0.3) is 0 Å². The molecule has 1 aliphatic rings. The average Bonchev–Trinajstić information content (AvgIpc) is 1.77. The molecule has 71 valence electrons. The second kappa shape index (κ2) is 10.0. The predicted octanol–water partition coefficient (Wildman–Crippen LogP) is 3.39. The first-order valence-corrected chi connectivity index (χ1v) is 4.89. The summed E-state index contributed by atoms with van der Waals surface area (Å²) in [6.45, 7) is 0. The van der Waals surface area contributed by atoms with Crippen LogP contribution in [0.1, 0.15) is 25.7 Å². The van der Waals surface area contributed by atoms with E-state index in [0.717, 1.165) is 3.97 Å². The Morgan fingerprint density at radius 2 is 1.45 bits per heavy atom. The van der Waals surface area contributed by atoms with Crippen molar-refractivity contribution in [3.05, 3.63) is 0 Å². The van der Waals surface area contributed by atoms with Crippen LogP contribution >= 0.6 is 48.8 Å². The summed E-state index contributed by atoms with van der Waals surface area (Å²) in [5.74, 6) is 0. The normalized spacial score (nSPS) is 28.9. The van der Waals surface area contributed by atoms with Gasteiger partial charge in [-0.05, 0) is 0 Å². The van der Waals surface area contributed by atoms with Crippen LogP contribution in [0.4, 0.5) is 0 Å². The molecule has 1 saturated carbocycles. The third-order valence-corrected chi connectivity index (χ3v) is 4.22. The van der Waals surface area contributed by atoms with Gasteiger partial charge in [0.1, 0.15) is 0 Å². The molecule has 0 aromatic heterocycles. The molecule has 1 rings (SSSR count). The average molecular weight is 355 g/mol. The van der Waals surface area contributed by atoms with Crippen LogP contribution in [0.3, 0.4) is 0 Å². The fourth-order valence-electron chi connectivity index (χ4n) is 1.05. The van der Waals surface area contributed by atoms with Crippen molar-refractivity contribution >= 4 is 71.1 Å². The first-order valence-electron chi connectivity index (χ1n) is 3.10. The van der Waals surface area contributed by atoms with E-state index < -0.39 is 0 Å². The zero-order valence-corrected chi connectivity index (χ0v) is 11.5. The Morgan fingerprint density at radius 3 is 1.73 bits per heavy atom. The molecular weight excluding hydrogens is 341 g/mol. The van der Waals surface area contributed by atoms with Crippen molar-refractivity contribution in [1.29, 1.82) is 0 Å². The molecule has 0 aliphatic heterocycles. The Bertz CT molecular complexity index is 71.0. The van der Waals surface area contributed by atoms with E-state index in [0.29, 0.717) is 5.38 Å². The van der Waals surface area contributed by atoms with E-state index in [1.807, 2.05) is 0 Å². The second-order valence-corrected chi connectivity index (χ2v) is 4.63. The summed E-state index contributed by atoms with van der Waals surface area (Å²) in [6.07, 6.45) is 5.33. The Hall–Kier alpha value is 1.95. The fourth-order valence-corrected chi connectivity index (χ4v) is 2.20. The second-order valence-electron chi connectivity index (χ2n) is 2.34. The monoisotopic (exact) mass is 355 g/mol. The van der Waals surface area contributed by atoms with Crippen LogP contribution in [-0.2, 0) is 0 Å². The first kappa shape index (κ1) is 18.7. The van der Waals surface area contributed by atoms with Gasteiger partial charge in [-0.25, -0.2) is 0 Å². The number of rotatable bonds is 0. The SMILES string of the molecule is Cl.Cl.Cl.ClC1CCCCC1[Te]. The van der Waals surface area contributed by atoms with Crippen LogP contribution in [0, 0.1) is 0 Å². The Morgan fingerprint density at radius 1 is 1.00 bits per heavy atom. The molecule has 1 aliphatic carbocycles. The van der Waals surface area contributed by atoms with Crippen molar-refractivity contribution in [3.8, 4) is 0 Å². The van der Waals surface area contributed by atoms with Crippen LogP contribution in [0.5, 0.6) is 0 Å². The quantitative estimate of drug-likeness (QED) is 0.462. The number of hydrogen-bond donors (Lipinski definition) is 0. The fraction of sp³-hybridized carbons (Fsp3) is 1.00. The van der Waals surface area contributed by atoms with E-state index in [-0.39, 0.29) is 37.2 Å². The number of hydrogen-bond acceptors (Lipinski definition) is 0. The minimum absolute atomic E-state index is 0. The predicted molar refractivity (Wildman–Crippen MR) is 59.4 cm³/mol. The molecule has 0 bridgehead atoms. The van der Waals surface area contributed by atoms with Crippen molar-refractivity contribution < 1.29 is 0 Å². The molecule has 2 atom stereocenters. The summed E-state index contributed by atoms with van der Waals surface area (Å²) >= 11 is 8.15. The van der Waals surface area contributed by atoms with Crippen molar-refractivity contribution in [2.75, 3.05) is 0 Å². The van der Waals surface area contributed by atoms with Crippen molar-refractivity contribution in [1.82, 2.24) is 0 Å². The summed E-state index contributed by atoms with van der Waals surface area (Å²) in [6, 6.07) is 0. The zero-order valence-electron chi connectivity index (χ0n) is 5.99. The van der Waals surface area contributed by atoms with E-state index in [1.54, 1.807) is 0 Å². The molecule has 0 aromatic rings. The zero-order chi connectivity index (χ0) is 5.98. The number of halogens is 4. The molecule has 1 radical (unpaired) electrons. The van der Waals surface area contributed by atoms with Crippen molar-refractivity contribution in [3.63, 3.8) is 0 Å². The van der Waals surface area contributed by atoms with Crippen LogP contribution in [-0.4, -0.2) is 27.7 Å². The summed E-state index contributed by atoms with van der Waals surface area (Å²) in [5.41, 5.74) is 0. The third kappa shape index (κ3) is 7.05. The van der Waals surface area contributed by atoms with Gasteiger partial charge in [0, 0.05) is 0 Å². The molecule has 0 heterocycles. The Labute approximate surface area is 105 Å². The maximum absolute atomic E-state index is 5.97. The van der Waals surface area contributed by atoms with Gasteiger partial charge in [-0.1, -0.05) is 0 Å². The minimum atomic E-state index is 0. The summed E-state index contributed by atoms with van der Waals surface area (Å²) in [4.78, 5) is 0. The topological polar surface area (TPSA) is 0 Å². The van der Waals surface area contributed by atoms with Crippen molar-refractivity contribution in [2.45, 2.75) is 35.0 Å². The van der Waals surface area contributed by atoms with Crippen LogP contribution in [0.25, 0.3) is 0 Å². The summed E-state index contributed by atoms with van der Waals surface area (Å²) in [5, 5.41) is 0.480. The molecule has 0 nitrogen and oxygen atoms in total. The Balaban J connectivity index is -0.000000213. The standard InChI is InChI=1S/C6H10ClTe.3ClH/c7-5-3-1-2-4-6(5)8;;;/h5-6H,1-4H2;3*1H. The van der Waals surface area contributed by atoms with Gasteiger partial charge in [0.05, 0.1) is 0 Å². The third-order valence-electron chi connectivity index (χ3n) is 1.62. The van der Waals surface area contributed by atoms with E-state index >= 15 is 0 Å². The summed E-state index contributed by atoms with van der Waals surface area (Å²) in [7, 11) is 0. The van der Waals surface area contributed by atoms with Crippen molar-refractivity contribution in [2.24, 2.45) is 0 Å². The molecule has 0 aromatic carbocycles.